The van der Waals surface area contributed by atoms with Crippen molar-refractivity contribution in [3.05, 3.63) is 48.4 Å². The molecule has 0 atom stereocenters. The zero-order valence-corrected chi connectivity index (χ0v) is 12.7. The van der Waals surface area contributed by atoms with Gasteiger partial charge in [0.05, 0.1) is 18.3 Å². The van der Waals surface area contributed by atoms with Gasteiger partial charge < -0.3 is 19.4 Å². The number of para-hydroxylation sites is 1. The summed E-state index contributed by atoms with van der Waals surface area (Å²) < 4.78 is 6.84. The van der Waals surface area contributed by atoms with E-state index in [1.165, 1.54) is 0 Å². The topological polar surface area (TPSA) is 75.0 Å². The molecule has 3 rings (SSSR count). The Hall–Kier alpha value is -2.67. The van der Waals surface area contributed by atoms with Crippen molar-refractivity contribution in [1.82, 2.24) is 9.88 Å². The summed E-state index contributed by atoms with van der Waals surface area (Å²) in [6, 6.07) is 11.2. The van der Waals surface area contributed by atoms with Crippen LogP contribution in [0.15, 0.2) is 57.3 Å². The molecule has 0 spiro atoms. The number of azo groups is 1. The molecule has 0 saturated carbocycles. The van der Waals surface area contributed by atoms with Gasteiger partial charge in [-0.3, -0.25) is 0 Å². The molecule has 2 heterocycles. The Labute approximate surface area is 132 Å². The first-order chi connectivity index (χ1) is 10.7. The van der Waals surface area contributed by atoms with Crippen molar-refractivity contribution in [3.8, 4) is 5.88 Å². The largest absolute Gasteiger partial charge is 0.493 e. The Morgan fingerprint density at radius 2 is 2.14 bits per heavy atom. The van der Waals surface area contributed by atoms with Crippen LogP contribution in [0.3, 0.4) is 0 Å². The number of hydrogen-bond donors (Lipinski definition) is 2. The summed E-state index contributed by atoms with van der Waals surface area (Å²) in [4.78, 5) is 0. The maximum atomic E-state index is 10.1. The van der Waals surface area contributed by atoms with E-state index in [0.717, 1.165) is 16.7 Å². The summed E-state index contributed by atoms with van der Waals surface area (Å²) in [5.41, 5.74) is 1.28. The molecular formula is C15H14N4O2S. The van der Waals surface area contributed by atoms with E-state index < -0.39 is 0 Å². The van der Waals surface area contributed by atoms with E-state index in [0.29, 0.717) is 12.2 Å². The van der Waals surface area contributed by atoms with Crippen molar-refractivity contribution < 1.29 is 9.52 Å². The first-order valence-corrected chi connectivity index (χ1v) is 7.06. The van der Waals surface area contributed by atoms with Crippen molar-refractivity contribution >= 4 is 33.9 Å². The van der Waals surface area contributed by atoms with Crippen molar-refractivity contribution in [2.45, 2.75) is 6.54 Å². The molecule has 2 aromatic heterocycles. The molecule has 1 aromatic carbocycles. The number of nitrogens with one attached hydrogen (secondary N) is 1. The highest BCUT2D eigenvalue weighted by Gasteiger charge is 2.13. The van der Waals surface area contributed by atoms with E-state index >= 15 is 0 Å². The predicted molar refractivity (Wildman–Crippen MR) is 87.2 cm³/mol. The van der Waals surface area contributed by atoms with E-state index in [4.69, 9.17) is 16.6 Å². The van der Waals surface area contributed by atoms with Crippen LogP contribution in [0.1, 0.15) is 5.76 Å². The minimum absolute atomic E-state index is 0.0544. The Morgan fingerprint density at radius 1 is 1.32 bits per heavy atom. The van der Waals surface area contributed by atoms with E-state index in [1.807, 2.05) is 30.3 Å². The fourth-order valence-corrected chi connectivity index (χ4v) is 2.28. The molecule has 0 unspecified atom stereocenters. The lowest BCUT2D eigenvalue weighted by Gasteiger charge is -1.99. The number of hydrogen-bond acceptors (Lipinski definition) is 4. The number of nitrogens with zero attached hydrogens (tertiary/aromatic N) is 3. The van der Waals surface area contributed by atoms with E-state index in [9.17, 15) is 5.11 Å². The maximum absolute atomic E-state index is 10.1. The van der Waals surface area contributed by atoms with Crippen molar-refractivity contribution in [1.29, 1.82) is 0 Å². The summed E-state index contributed by atoms with van der Waals surface area (Å²) in [5.74, 6) is 0.810. The Bertz CT molecular complexity index is 837. The highest BCUT2D eigenvalue weighted by atomic mass is 32.1. The lowest BCUT2D eigenvalue weighted by Crippen LogP contribution is -2.17. The van der Waals surface area contributed by atoms with Gasteiger partial charge in [-0.2, -0.15) is 0 Å². The van der Waals surface area contributed by atoms with Gasteiger partial charge in [-0.1, -0.05) is 18.2 Å². The van der Waals surface area contributed by atoms with Crippen LogP contribution < -0.4 is 5.32 Å². The second-order valence-corrected chi connectivity index (χ2v) is 5.07. The van der Waals surface area contributed by atoms with Crippen LogP contribution in [-0.4, -0.2) is 14.8 Å². The van der Waals surface area contributed by atoms with Crippen molar-refractivity contribution in [2.24, 2.45) is 17.3 Å². The molecule has 7 heteroatoms. The average Bonchev–Trinajstić information content (AvgIpc) is 3.13. The molecule has 0 amide bonds. The van der Waals surface area contributed by atoms with Gasteiger partial charge in [0.15, 0.2) is 5.69 Å². The van der Waals surface area contributed by atoms with Crippen LogP contribution in [0.2, 0.25) is 0 Å². The molecule has 6 nitrogen and oxygen atoms in total. The van der Waals surface area contributed by atoms with Crippen LogP contribution in [-0.2, 0) is 13.6 Å². The SMILES string of the molecule is Cn1c(O)c(N=NC(=S)NCc2ccco2)c2ccccc21. The van der Waals surface area contributed by atoms with Gasteiger partial charge >= 0.3 is 0 Å². The second-order valence-electron chi connectivity index (χ2n) is 4.69. The van der Waals surface area contributed by atoms with E-state index in [2.05, 4.69) is 15.5 Å². The van der Waals surface area contributed by atoms with Gasteiger partial charge in [0.1, 0.15) is 5.76 Å². The van der Waals surface area contributed by atoms with Gasteiger partial charge in [0.2, 0.25) is 11.0 Å². The third kappa shape index (κ3) is 2.71. The average molecular weight is 314 g/mol. The molecule has 0 aliphatic carbocycles. The Morgan fingerprint density at radius 3 is 2.91 bits per heavy atom. The highest BCUT2D eigenvalue weighted by molar-refractivity contribution is 7.80. The summed E-state index contributed by atoms with van der Waals surface area (Å²) in [6.07, 6.45) is 1.59. The summed E-state index contributed by atoms with van der Waals surface area (Å²) in [7, 11) is 1.77. The molecule has 0 saturated heterocycles. The fourth-order valence-electron chi connectivity index (χ4n) is 2.17. The lowest BCUT2D eigenvalue weighted by atomic mass is 10.2. The number of furan rings is 1. The normalized spacial score (nSPS) is 11.3. The minimum atomic E-state index is 0.0544. The standard InChI is InChI=1S/C15H14N4O2S/c1-19-12-7-3-2-6-11(12)13(14(19)20)17-18-15(22)16-9-10-5-4-8-21-10/h2-8,20H,9H2,1H3,(H,16,22). The lowest BCUT2D eigenvalue weighted by molar-refractivity contribution is 0.436. The molecule has 0 aliphatic heterocycles. The number of aromatic hydroxyl groups is 1. The zero-order valence-electron chi connectivity index (χ0n) is 11.9. The van der Waals surface area contributed by atoms with Crippen LogP contribution in [0, 0.1) is 0 Å². The Balaban J connectivity index is 1.78. The van der Waals surface area contributed by atoms with Gasteiger partial charge in [-0.05, 0) is 30.4 Å². The zero-order chi connectivity index (χ0) is 15.5. The molecule has 0 bridgehead atoms. The van der Waals surface area contributed by atoms with Gasteiger partial charge in [-0.25, -0.2) is 0 Å². The minimum Gasteiger partial charge on any atom is -0.493 e. The summed E-state index contributed by atoms with van der Waals surface area (Å²) in [6.45, 7) is 0.437. The second kappa shape index (κ2) is 5.98. The van der Waals surface area contributed by atoms with E-state index in [1.54, 1.807) is 23.9 Å². The summed E-state index contributed by atoms with van der Waals surface area (Å²) >= 11 is 5.10. The number of benzene rings is 1. The molecular weight excluding hydrogens is 300 g/mol. The molecule has 0 fully saturated rings. The molecule has 112 valence electrons. The van der Waals surface area contributed by atoms with E-state index in [-0.39, 0.29) is 11.0 Å². The van der Waals surface area contributed by atoms with Crippen molar-refractivity contribution in [3.63, 3.8) is 0 Å². The molecule has 0 radical (unpaired) electrons. The summed E-state index contributed by atoms with van der Waals surface area (Å²) in [5, 5.41) is 22.1. The van der Waals surface area contributed by atoms with Crippen LogP contribution >= 0.6 is 12.2 Å². The van der Waals surface area contributed by atoms with Gasteiger partial charge in [0.25, 0.3) is 0 Å². The Kier molecular flexibility index (Phi) is 3.88. The predicted octanol–water partition coefficient (Wildman–Crippen LogP) is 3.64. The van der Waals surface area contributed by atoms with Crippen LogP contribution in [0.5, 0.6) is 5.88 Å². The smallest absolute Gasteiger partial charge is 0.220 e. The van der Waals surface area contributed by atoms with Crippen molar-refractivity contribution in [2.75, 3.05) is 0 Å². The number of fused-ring (bicyclic) bond motifs is 1. The van der Waals surface area contributed by atoms with Gasteiger partial charge in [0, 0.05) is 12.4 Å². The number of thiocarbonyl (C=S) groups is 1. The maximum Gasteiger partial charge on any atom is 0.220 e. The van der Waals surface area contributed by atoms with Crippen LogP contribution in [0.4, 0.5) is 5.69 Å². The first-order valence-electron chi connectivity index (χ1n) is 6.65. The number of aryl methyl sites for hydroxylation is 1. The van der Waals surface area contributed by atoms with Crippen LogP contribution in [0.25, 0.3) is 10.9 Å². The quantitative estimate of drug-likeness (QED) is 0.572. The third-order valence-electron chi connectivity index (χ3n) is 3.28. The molecule has 2 N–H and O–H groups in total. The molecule has 3 aromatic rings. The first kappa shape index (κ1) is 14.3. The highest BCUT2D eigenvalue weighted by Crippen LogP contribution is 2.37. The fraction of sp³-hybridized carbons (Fsp3) is 0.133. The number of aromatic nitrogens is 1. The third-order valence-corrected chi connectivity index (χ3v) is 3.51. The van der Waals surface area contributed by atoms with Gasteiger partial charge in [-0.15, -0.1) is 10.2 Å². The molecule has 0 aliphatic rings. The molecule has 22 heavy (non-hydrogen) atoms. The monoisotopic (exact) mass is 314 g/mol. The number of rotatable bonds is 3.